The van der Waals surface area contributed by atoms with Crippen molar-refractivity contribution >= 4 is 5.97 Å². The Morgan fingerprint density at radius 1 is 1.20 bits per heavy atom. The Morgan fingerprint density at radius 3 is 2.60 bits per heavy atom. The number of aliphatic carboxylic acids is 1. The molecule has 1 saturated carbocycles. The van der Waals surface area contributed by atoms with E-state index in [-0.39, 0.29) is 17.4 Å². The van der Waals surface area contributed by atoms with Crippen molar-refractivity contribution in [3.63, 3.8) is 0 Å². The van der Waals surface area contributed by atoms with Gasteiger partial charge in [0.15, 0.2) is 0 Å². The van der Waals surface area contributed by atoms with Crippen LogP contribution in [0.1, 0.15) is 65.2 Å². The van der Waals surface area contributed by atoms with Crippen molar-refractivity contribution in [1.82, 2.24) is 0 Å². The van der Waals surface area contributed by atoms with Gasteiger partial charge in [-0.15, -0.1) is 0 Å². The van der Waals surface area contributed by atoms with Crippen molar-refractivity contribution < 1.29 is 15.0 Å². The molecule has 0 radical (unpaired) electrons. The Labute approximate surface area is 121 Å². The lowest BCUT2D eigenvalue weighted by Crippen LogP contribution is -2.51. The van der Waals surface area contributed by atoms with Gasteiger partial charge in [0.05, 0.1) is 11.5 Å². The minimum atomic E-state index is -0.631. The zero-order chi connectivity index (χ0) is 14.5. The maximum atomic E-state index is 11.8. The lowest BCUT2D eigenvalue weighted by Gasteiger charge is -2.55. The summed E-state index contributed by atoms with van der Waals surface area (Å²) in [5, 5.41) is 19.8. The number of hydrogen-bond acceptors (Lipinski definition) is 2. The van der Waals surface area contributed by atoms with Crippen molar-refractivity contribution in [3.8, 4) is 0 Å². The SMILES string of the molecule is C[C@@]1(C(=O)O)CCC[C@@]2(C)C3=C(CC[C@@H](O)C3)CC[C@@H]12. The first kappa shape index (κ1) is 14.1. The highest BCUT2D eigenvalue weighted by molar-refractivity contribution is 5.75. The summed E-state index contributed by atoms with van der Waals surface area (Å²) in [4.78, 5) is 11.8. The van der Waals surface area contributed by atoms with E-state index in [1.54, 1.807) is 0 Å². The second-order valence-corrected chi connectivity index (χ2v) is 7.56. The van der Waals surface area contributed by atoms with Gasteiger partial charge < -0.3 is 10.2 Å². The van der Waals surface area contributed by atoms with Crippen LogP contribution in [0.3, 0.4) is 0 Å². The zero-order valence-corrected chi connectivity index (χ0v) is 12.6. The number of hydrogen-bond donors (Lipinski definition) is 2. The van der Waals surface area contributed by atoms with E-state index < -0.39 is 11.4 Å². The van der Waals surface area contributed by atoms with Crippen molar-refractivity contribution in [2.75, 3.05) is 0 Å². The third-order valence-electron chi connectivity index (χ3n) is 6.49. The standard InChI is InChI=1S/C17H26O3/c1-16-8-3-9-17(2,15(19)20)14(16)7-5-11-4-6-12(18)10-13(11)16/h12,14,18H,3-10H2,1-2H3,(H,19,20)/t12-,14-,16+,17-/m1/s1. The van der Waals surface area contributed by atoms with Crippen LogP contribution in [0.5, 0.6) is 0 Å². The maximum Gasteiger partial charge on any atom is 0.309 e. The van der Waals surface area contributed by atoms with Gasteiger partial charge in [-0.1, -0.05) is 24.5 Å². The lowest BCUT2D eigenvalue weighted by atomic mass is 9.48. The Kier molecular flexibility index (Phi) is 3.24. The number of carbonyl (C=O) groups is 1. The minimum absolute atomic E-state index is 0.000370. The molecule has 0 aromatic heterocycles. The third-order valence-corrected chi connectivity index (χ3v) is 6.49. The van der Waals surface area contributed by atoms with Crippen LogP contribution in [0.15, 0.2) is 11.1 Å². The zero-order valence-electron chi connectivity index (χ0n) is 12.6. The van der Waals surface area contributed by atoms with E-state index in [0.717, 1.165) is 51.4 Å². The van der Waals surface area contributed by atoms with Crippen LogP contribution in [-0.4, -0.2) is 22.3 Å². The van der Waals surface area contributed by atoms with Gasteiger partial charge in [0.25, 0.3) is 0 Å². The van der Waals surface area contributed by atoms with Gasteiger partial charge in [0, 0.05) is 0 Å². The Morgan fingerprint density at radius 2 is 1.90 bits per heavy atom. The molecule has 4 atom stereocenters. The molecule has 3 aliphatic rings. The molecule has 3 rings (SSSR count). The fourth-order valence-electron chi connectivity index (χ4n) is 5.33. The first-order chi connectivity index (χ1) is 9.38. The molecule has 3 nitrogen and oxygen atoms in total. The topological polar surface area (TPSA) is 57.5 Å². The molecule has 20 heavy (non-hydrogen) atoms. The number of fused-ring (bicyclic) bond motifs is 2. The molecule has 3 aliphatic carbocycles. The highest BCUT2D eigenvalue weighted by atomic mass is 16.4. The summed E-state index contributed by atoms with van der Waals surface area (Å²) in [5.74, 6) is -0.404. The lowest BCUT2D eigenvalue weighted by molar-refractivity contribution is -0.159. The molecule has 1 fully saturated rings. The highest BCUT2D eigenvalue weighted by Crippen LogP contribution is 2.61. The minimum Gasteiger partial charge on any atom is -0.481 e. The van der Waals surface area contributed by atoms with Crippen LogP contribution < -0.4 is 0 Å². The normalized spacial score (nSPS) is 44.8. The number of aliphatic hydroxyl groups excluding tert-OH is 1. The van der Waals surface area contributed by atoms with E-state index in [0.29, 0.717) is 0 Å². The molecule has 2 N–H and O–H groups in total. The molecule has 0 heterocycles. The van der Waals surface area contributed by atoms with Gasteiger partial charge in [-0.3, -0.25) is 4.79 Å². The summed E-state index contributed by atoms with van der Waals surface area (Å²) in [6.07, 6.45) is 7.39. The summed E-state index contributed by atoms with van der Waals surface area (Å²) in [6.45, 7) is 4.22. The molecular weight excluding hydrogens is 252 g/mol. The summed E-state index contributed by atoms with van der Waals surface area (Å²) in [7, 11) is 0. The summed E-state index contributed by atoms with van der Waals surface area (Å²) in [6, 6.07) is 0. The molecule has 0 amide bonds. The molecule has 0 aliphatic heterocycles. The van der Waals surface area contributed by atoms with E-state index in [4.69, 9.17) is 0 Å². The molecule has 0 aromatic rings. The largest absolute Gasteiger partial charge is 0.481 e. The number of carboxylic acids is 1. The van der Waals surface area contributed by atoms with E-state index >= 15 is 0 Å². The smallest absolute Gasteiger partial charge is 0.309 e. The quantitative estimate of drug-likeness (QED) is 0.722. The van der Waals surface area contributed by atoms with Gasteiger partial charge in [0.2, 0.25) is 0 Å². The van der Waals surface area contributed by atoms with Gasteiger partial charge in [0.1, 0.15) is 0 Å². The second kappa shape index (κ2) is 4.59. The number of aliphatic hydroxyl groups is 1. The molecular formula is C17H26O3. The van der Waals surface area contributed by atoms with E-state index in [1.165, 1.54) is 11.1 Å². The van der Waals surface area contributed by atoms with Gasteiger partial charge in [-0.05, 0) is 63.2 Å². The molecule has 0 bridgehead atoms. The molecule has 0 saturated heterocycles. The van der Waals surface area contributed by atoms with E-state index in [9.17, 15) is 15.0 Å². The molecule has 3 heteroatoms. The fraction of sp³-hybridized carbons (Fsp3) is 0.824. The van der Waals surface area contributed by atoms with Crippen LogP contribution in [0.4, 0.5) is 0 Å². The van der Waals surface area contributed by atoms with Crippen molar-refractivity contribution in [2.24, 2.45) is 16.7 Å². The van der Waals surface area contributed by atoms with Crippen LogP contribution in [0.25, 0.3) is 0 Å². The average Bonchev–Trinajstić information content (AvgIpc) is 2.39. The predicted octanol–water partition coefficient (Wildman–Crippen LogP) is 3.52. The third kappa shape index (κ3) is 1.86. The first-order valence-electron chi connectivity index (χ1n) is 8.01. The summed E-state index contributed by atoms with van der Waals surface area (Å²) >= 11 is 0. The second-order valence-electron chi connectivity index (χ2n) is 7.56. The maximum absolute atomic E-state index is 11.8. The molecule has 112 valence electrons. The van der Waals surface area contributed by atoms with Crippen LogP contribution in [0.2, 0.25) is 0 Å². The number of allylic oxidation sites excluding steroid dienone is 1. The summed E-state index contributed by atoms with van der Waals surface area (Å²) < 4.78 is 0. The monoisotopic (exact) mass is 278 g/mol. The molecule has 0 spiro atoms. The van der Waals surface area contributed by atoms with Gasteiger partial charge in [-0.25, -0.2) is 0 Å². The number of carboxylic acid groups (broad SMARTS) is 1. The van der Waals surface area contributed by atoms with Gasteiger partial charge >= 0.3 is 5.97 Å². The van der Waals surface area contributed by atoms with Crippen LogP contribution in [0, 0.1) is 16.7 Å². The van der Waals surface area contributed by atoms with Crippen LogP contribution in [-0.2, 0) is 4.79 Å². The Balaban J connectivity index is 2.03. The summed E-state index contributed by atoms with van der Waals surface area (Å²) in [5.41, 5.74) is 2.36. The van der Waals surface area contributed by atoms with Gasteiger partial charge in [-0.2, -0.15) is 0 Å². The van der Waals surface area contributed by atoms with E-state index in [2.05, 4.69) is 6.92 Å². The van der Waals surface area contributed by atoms with Crippen molar-refractivity contribution in [2.45, 2.75) is 71.3 Å². The molecule has 0 aromatic carbocycles. The number of rotatable bonds is 1. The Hall–Kier alpha value is -0.830. The predicted molar refractivity (Wildman–Crippen MR) is 77.3 cm³/mol. The Bertz CT molecular complexity index is 467. The van der Waals surface area contributed by atoms with Crippen LogP contribution >= 0.6 is 0 Å². The van der Waals surface area contributed by atoms with Crippen molar-refractivity contribution in [3.05, 3.63) is 11.1 Å². The molecule has 0 unspecified atom stereocenters. The first-order valence-corrected chi connectivity index (χ1v) is 8.01. The highest BCUT2D eigenvalue weighted by Gasteiger charge is 2.56. The average molecular weight is 278 g/mol. The fourth-order valence-corrected chi connectivity index (χ4v) is 5.33. The van der Waals surface area contributed by atoms with E-state index in [1.807, 2.05) is 6.92 Å². The van der Waals surface area contributed by atoms with Crippen molar-refractivity contribution in [1.29, 1.82) is 0 Å².